The Morgan fingerprint density at radius 3 is 2.52 bits per heavy atom. The van der Waals surface area contributed by atoms with Gasteiger partial charge in [0.05, 0.1) is 6.07 Å². The Labute approximate surface area is 126 Å². The molecule has 4 rings (SSSR count). The van der Waals surface area contributed by atoms with Crippen molar-refractivity contribution in [2.75, 3.05) is 0 Å². The van der Waals surface area contributed by atoms with E-state index in [-0.39, 0.29) is 17.8 Å². The van der Waals surface area contributed by atoms with E-state index in [2.05, 4.69) is 36.4 Å². The van der Waals surface area contributed by atoms with E-state index in [1.807, 2.05) is 6.92 Å². The minimum absolute atomic E-state index is 0.126. The molecule has 2 fully saturated rings. The number of rotatable bonds is 3. The maximum Gasteiger partial charge on any atom is 0.140 e. The summed E-state index contributed by atoms with van der Waals surface area (Å²) in [6.07, 6.45) is 14.5. The van der Waals surface area contributed by atoms with Crippen LogP contribution in [0.15, 0.2) is 36.0 Å². The summed E-state index contributed by atoms with van der Waals surface area (Å²) in [5.41, 5.74) is 0.756. The first-order chi connectivity index (χ1) is 10.2. The molecule has 0 spiro atoms. The monoisotopic (exact) mass is 279 g/mol. The molecule has 0 N–H and O–H groups in total. The largest absolute Gasteiger partial charge is 0.299 e. The van der Waals surface area contributed by atoms with Gasteiger partial charge in [0.15, 0.2) is 0 Å². The van der Waals surface area contributed by atoms with Crippen LogP contribution in [0.5, 0.6) is 0 Å². The lowest BCUT2D eigenvalue weighted by atomic mass is 9.73. The van der Waals surface area contributed by atoms with Crippen LogP contribution in [-0.2, 0) is 4.79 Å². The number of hydrogen-bond acceptors (Lipinski definition) is 2. The lowest BCUT2D eigenvalue weighted by Gasteiger charge is -2.29. The van der Waals surface area contributed by atoms with Gasteiger partial charge in [0, 0.05) is 17.4 Å². The summed E-state index contributed by atoms with van der Waals surface area (Å²) in [6, 6.07) is 2.22. The molecule has 4 aliphatic carbocycles. The van der Waals surface area contributed by atoms with Gasteiger partial charge in [-0.05, 0) is 55.8 Å². The summed E-state index contributed by atoms with van der Waals surface area (Å²) >= 11 is 0. The molecule has 0 unspecified atom stereocenters. The fourth-order valence-corrected chi connectivity index (χ4v) is 5.17. The molecule has 21 heavy (non-hydrogen) atoms. The number of allylic oxidation sites excluding steroid dienone is 6. The quantitative estimate of drug-likeness (QED) is 0.584. The molecular weight excluding hydrogens is 258 g/mol. The van der Waals surface area contributed by atoms with Gasteiger partial charge in [-0.3, -0.25) is 4.79 Å². The molecule has 0 aromatic heterocycles. The summed E-state index contributed by atoms with van der Waals surface area (Å²) in [5, 5.41) is 9.06. The summed E-state index contributed by atoms with van der Waals surface area (Å²) in [4.78, 5) is 13.1. The van der Waals surface area contributed by atoms with E-state index in [0.717, 1.165) is 18.4 Å². The van der Waals surface area contributed by atoms with Gasteiger partial charge in [0.1, 0.15) is 5.78 Å². The predicted octanol–water partition coefficient (Wildman–Crippen LogP) is 3.68. The first kappa shape index (κ1) is 13.1. The minimum Gasteiger partial charge on any atom is -0.299 e. The first-order valence-corrected chi connectivity index (χ1v) is 8.16. The molecule has 108 valence electrons. The standard InChI is InChI=1S/C19H21NO/c1-11(10-20)6-16-14-4-5-15(9-14)18(16)19(21)17-8-12-2-3-13(17)7-12/h2-6,12-18H,7-9H2,1H3/b11-6-/t12-,13+,14-,15+,16+,17+,18-/m1/s1. The zero-order chi connectivity index (χ0) is 14.6. The van der Waals surface area contributed by atoms with Crippen LogP contribution < -0.4 is 0 Å². The van der Waals surface area contributed by atoms with Crippen molar-refractivity contribution in [3.8, 4) is 6.07 Å². The smallest absolute Gasteiger partial charge is 0.140 e. The second-order valence-corrected chi connectivity index (χ2v) is 7.30. The first-order valence-electron chi connectivity index (χ1n) is 8.16. The van der Waals surface area contributed by atoms with E-state index in [4.69, 9.17) is 5.26 Å². The highest BCUT2D eigenvalue weighted by Gasteiger charge is 2.51. The van der Waals surface area contributed by atoms with Crippen LogP contribution >= 0.6 is 0 Å². The lowest BCUT2D eigenvalue weighted by molar-refractivity contribution is -0.129. The summed E-state index contributed by atoms with van der Waals surface area (Å²) in [7, 11) is 0. The van der Waals surface area contributed by atoms with Crippen LogP contribution in [0.1, 0.15) is 26.2 Å². The van der Waals surface area contributed by atoms with Gasteiger partial charge in [0.25, 0.3) is 0 Å². The maximum absolute atomic E-state index is 13.1. The normalized spacial score (nSPS) is 46.3. The number of carbonyl (C=O) groups excluding carboxylic acids is 1. The topological polar surface area (TPSA) is 40.9 Å². The average Bonchev–Trinajstić information content (AvgIpc) is 3.25. The van der Waals surface area contributed by atoms with E-state index < -0.39 is 0 Å². The molecule has 2 nitrogen and oxygen atoms in total. The van der Waals surface area contributed by atoms with E-state index in [1.165, 1.54) is 6.42 Å². The molecule has 2 heteroatoms. The molecule has 0 amide bonds. The molecule has 0 heterocycles. The number of hydrogen-bond donors (Lipinski definition) is 0. The van der Waals surface area contributed by atoms with Crippen molar-refractivity contribution in [2.45, 2.75) is 26.2 Å². The average molecular weight is 279 g/mol. The van der Waals surface area contributed by atoms with E-state index in [1.54, 1.807) is 0 Å². The SMILES string of the molecule is C/C(C#N)=C/[C@@H]1[C@H](C(=O)[C@H]2C[C@@H]3C=C[C@H]2C3)[C@H]2C=C[C@@H]1C2. The summed E-state index contributed by atoms with van der Waals surface area (Å²) in [5.74, 6) is 3.14. The molecule has 0 aromatic carbocycles. The van der Waals surface area contributed by atoms with Crippen LogP contribution in [0.3, 0.4) is 0 Å². The number of ketones is 1. The molecule has 4 bridgehead atoms. The third-order valence-electron chi connectivity index (χ3n) is 6.11. The molecule has 4 aliphatic rings. The van der Waals surface area contributed by atoms with Crippen molar-refractivity contribution < 1.29 is 4.79 Å². The zero-order valence-electron chi connectivity index (χ0n) is 12.4. The van der Waals surface area contributed by atoms with Gasteiger partial charge in [-0.15, -0.1) is 0 Å². The molecule has 0 aliphatic heterocycles. The number of Topliss-reactive ketones (excluding diaryl/α,β-unsaturated/α-hetero) is 1. The third-order valence-corrected chi connectivity index (χ3v) is 6.11. The molecule has 0 radical (unpaired) electrons. The van der Waals surface area contributed by atoms with Crippen molar-refractivity contribution >= 4 is 5.78 Å². The van der Waals surface area contributed by atoms with Gasteiger partial charge >= 0.3 is 0 Å². The highest BCUT2D eigenvalue weighted by atomic mass is 16.1. The Hall–Kier alpha value is -1.62. The Bertz CT molecular complexity index is 606. The number of fused-ring (bicyclic) bond motifs is 4. The predicted molar refractivity (Wildman–Crippen MR) is 80.9 cm³/mol. The maximum atomic E-state index is 13.1. The second-order valence-electron chi connectivity index (χ2n) is 7.30. The molecule has 0 saturated heterocycles. The van der Waals surface area contributed by atoms with Crippen molar-refractivity contribution in [3.05, 3.63) is 36.0 Å². The van der Waals surface area contributed by atoms with E-state index in [9.17, 15) is 4.79 Å². The Balaban J connectivity index is 1.61. The molecule has 7 atom stereocenters. The van der Waals surface area contributed by atoms with Gasteiger partial charge in [-0.25, -0.2) is 0 Å². The minimum atomic E-state index is 0.126. The van der Waals surface area contributed by atoms with Crippen LogP contribution in [0.25, 0.3) is 0 Å². The number of nitrogens with zero attached hydrogens (tertiary/aromatic N) is 1. The van der Waals surface area contributed by atoms with E-state index in [0.29, 0.717) is 29.5 Å². The second kappa shape index (κ2) is 4.70. The van der Waals surface area contributed by atoms with Crippen LogP contribution in [0.2, 0.25) is 0 Å². The van der Waals surface area contributed by atoms with Gasteiger partial charge in [0.2, 0.25) is 0 Å². The van der Waals surface area contributed by atoms with Crippen LogP contribution in [-0.4, -0.2) is 5.78 Å². The Morgan fingerprint density at radius 1 is 1.10 bits per heavy atom. The van der Waals surface area contributed by atoms with Gasteiger partial charge < -0.3 is 0 Å². The summed E-state index contributed by atoms with van der Waals surface area (Å²) < 4.78 is 0. The fraction of sp³-hybridized carbons (Fsp3) is 0.579. The molecule has 0 aromatic rings. The van der Waals surface area contributed by atoms with Crippen molar-refractivity contribution in [2.24, 2.45) is 41.4 Å². The number of carbonyl (C=O) groups is 1. The van der Waals surface area contributed by atoms with Crippen LogP contribution in [0.4, 0.5) is 0 Å². The number of nitriles is 1. The zero-order valence-corrected chi connectivity index (χ0v) is 12.4. The third kappa shape index (κ3) is 1.94. The fourth-order valence-electron chi connectivity index (χ4n) is 5.17. The van der Waals surface area contributed by atoms with Crippen LogP contribution in [0, 0.1) is 52.8 Å². The Kier molecular flexibility index (Phi) is 2.92. The Morgan fingerprint density at radius 2 is 1.86 bits per heavy atom. The highest BCUT2D eigenvalue weighted by Crippen LogP contribution is 2.53. The molecule has 2 saturated carbocycles. The van der Waals surface area contributed by atoms with Crippen molar-refractivity contribution in [1.82, 2.24) is 0 Å². The van der Waals surface area contributed by atoms with Crippen molar-refractivity contribution in [1.29, 1.82) is 5.26 Å². The summed E-state index contributed by atoms with van der Waals surface area (Å²) in [6.45, 7) is 1.86. The highest BCUT2D eigenvalue weighted by molar-refractivity contribution is 5.86. The lowest BCUT2D eigenvalue weighted by Crippen LogP contribution is -2.33. The molecular formula is C19H21NO. The van der Waals surface area contributed by atoms with Gasteiger partial charge in [-0.1, -0.05) is 30.4 Å². The van der Waals surface area contributed by atoms with E-state index >= 15 is 0 Å². The van der Waals surface area contributed by atoms with Gasteiger partial charge in [-0.2, -0.15) is 5.26 Å². The van der Waals surface area contributed by atoms with Crippen molar-refractivity contribution in [3.63, 3.8) is 0 Å².